The molecule has 0 spiro atoms. The van der Waals surface area contributed by atoms with E-state index < -0.39 is 26.7 Å². The molecule has 1 amide bonds. The molecule has 0 aliphatic heterocycles. The van der Waals surface area contributed by atoms with Crippen LogP contribution in [0.15, 0.2) is 35.2 Å². The normalized spacial score (nSPS) is 11.6. The van der Waals surface area contributed by atoms with Gasteiger partial charge in [0.05, 0.1) is 0 Å². The van der Waals surface area contributed by atoms with E-state index in [1.807, 2.05) is 0 Å². The van der Waals surface area contributed by atoms with Crippen LogP contribution in [0.4, 0.5) is 0 Å². The van der Waals surface area contributed by atoms with Crippen LogP contribution in [0.25, 0.3) is 10.8 Å². The maximum Gasteiger partial charge on any atom is 0.295 e. The van der Waals surface area contributed by atoms with Crippen molar-refractivity contribution in [3.63, 3.8) is 0 Å². The lowest BCUT2D eigenvalue weighted by Gasteiger charge is -2.06. The van der Waals surface area contributed by atoms with Crippen LogP contribution in [0.5, 0.6) is 5.75 Å². The Balaban J connectivity index is 2.95. The average molecular weight is 266 g/mol. The molecule has 0 aromatic heterocycles. The molecule has 0 fully saturated rings. The van der Waals surface area contributed by atoms with Crippen molar-refractivity contribution in [3.05, 3.63) is 35.9 Å². The number of amides is 1. The Labute approximate surface area is 102 Å². The van der Waals surface area contributed by atoms with Crippen LogP contribution in [0.1, 0.15) is 10.4 Å². The third kappa shape index (κ3) is 2.13. The minimum Gasteiger partial charge on any atom is -0.366 e. The maximum absolute atomic E-state index is 11.2. The summed E-state index contributed by atoms with van der Waals surface area (Å²) in [5.41, 5.74) is 5.01. The SMILES string of the molecule is NC(=O)c1cc(S(=O)(=O)O)c2cc([O])ccc2c1. The second-order valence-electron chi connectivity index (χ2n) is 3.70. The molecular weight excluding hydrogens is 258 g/mol. The fourth-order valence-electron chi connectivity index (χ4n) is 1.66. The molecule has 2 aromatic carbocycles. The van der Waals surface area contributed by atoms with E-state index in [1.165, 1.54) is 18.2 Å². The number of carbonyl (C=O) groups excluding carboxylic acids is 1. The van der Waals surface area contributed by atoms with Gasteiger partial charge in [-0.15, -0.1) is 0 Å². The summed E-state index contributed by atoms with van der Waals surface area (Å²) in [4.78, 5) is 10.6. The molecule has 3 N–H and O–H groups in total. The summed E-state index contributed by atoms with van der Waals surface area (Å²) in [5.74, 6) is -1.23. The van der Waals surface area contributed by atoms with Gasteiger partial charge < -0.3 is 5.73 Å². The number of primary amides is 1. The Hall–Kier alpha value is -2.12. The fourth-order valence-corrected chi connectivity index (χ4v) is 2.39. The van der Waals surface area contributed by atoms with Crippen LogP contribution in [0.3, 0.4) is 0 Å². The van der Waals surface area contributed by atoms with Gasteiger partial charge >= 0.3 is 0 Å². The molecule has 0 aliphatic carbocycles. The molecule has 18 heavy (non-hydrogen) atoms. The molecule has 1 radical (unpaired) electrons. The Morgan fingerprint density at radius 1 is 1.17 bits per heavy atom. The number of hydrogen-bond acceptors (Lipinski definition) is 3. The van der Waals surface area contributed by atoms with E-state index in [0.29, 0.717) is 5.39 Å². The zero-order valence-corrected chi connectivity index (χ0v) is 9.77. The number of benzene rings is 2. The van der Waals surface area contributed by atoms with Crippen molar-refractivity contribution in [2.45, 2.75) is 4.90 Å². The number of rotatable bonds is 2. The number of nitrogens with two attached hydrogens (primary N) is 1. The average Bonchev–Trinajstić information content (AvgIpc) is 2.26. The van der Waals surface area contributed by atoms with Gasteiger partial charge in [0, 0.05) is 10.9 Å². The molecule has 6 nitrogen and oxygen atoms in total. The van der Waals surface area contributed by atoms with Crippen molar-refractivity contribution in [2.75, 3.05) is 0 Å². The largest absolute Gasteiger partial charge is 0.366 e. The predicted octanol–water partition coefficient (Wildman–Crippen LogP) is 1.33. The molecule has 0 unspecified atom stereocenters. The molecule has 0 saturated carbocycles. The van der Waals surface area contributed by atoms with Crippen LogP contribution < -0.4 is 5.73 Å². The van der Waals surface area contributed by atoms with Gasteiger partial charge in [0.15, 0.2) is 5.75 Å². The van der Waals surface area contributed by atoms with Gasteiger partial charge in [0.25, 0.3) is 10.1 Å². The molecule has 0 saturated heterocycles. The smallest absolute Gasteiger partial charge is 0.295 e. The highest BCUT2D eigenvalue weighted by atomic mass is 32.2. The standard InChI is InChI=1S/C11H8NO5S/c12-11(14)7-3-6-1-2-8(13)5-9(6)10(4-7)18(15,16)17/h1-5H,(H2,12,14)(H,15,16,17). The minimum atomic E-state index is -4.55. The lowest BCUT2D eigenvalue weighted by molar-refractivity contribution is 0.1000. The van der Waals surface area contributed by atoms with E-state index >= 15 is 0 Å². The van der Waals surface area contributed by atoms with Gasteiger partial charge in [0.2, 0.25) is 5.91 Å². The Bertz CT molecular complexity index is 751. The first-order valence-corrected chi connectivity index (χ1v) is 6.25. The quantitative estimate of drug-likeness (QED) is 0.797. The number of carbonyl (C=O) groups is 1. The first kappa shape index (κ1) is 12.3. The predicted molar refractivity (Wildman–Crippen MR) is 62.4 cm³/mol. The molecule has 2 aromatic rings. The lowest BCUT2D eigenvalue weighted by atomic mass is 10.1. The fraction of sp³-hybridized carbons (Fsp3) is 0. The maximum atomic E-state index is 11.2. The van der Waals surface area contributed by atoms with E-state index in [1.54, 1.807) is 0 Å². The van der Waals surface area contributed by atoms with Crippen molar-refractivity contribution in [2.24, 2.45) is 5.73 Å². The zero-order valence-electron chi connectivity index (χ0n) is 8.95. The summed E-state index contributed by atoms with van der Waals surface area (Å²) in [6, 6.07) is 5.95. The van der Waals surface area contributed by atoms with Crippen LogP contribution >= 0.6 is 0 Å². The van der Waals surface area contributed by atoms with E-state index in [-0.39, 0.29) is 10.9 Å². The molecule has 0 heterocycles. The topological polar surface area (TPSA) is 117 Å². The number of hydrogen-bond donors (Lipinski definition) is 2. The highest BCUT2D eigenvalue weighted by Gasteiger charge is 2.17. The second-order valence-corrected chi connectivity index (χ2v) is 5.09. The molecule has 0 bridgehead atoms. The summed E-state index contributed by atoms with van der Waals surface area (Å²) in [6.45, 7) is 0. The Morgan fingerprint density at radius 3 is 2.39 bits per heavy atom. The number of fused-ring (bicyclic) bond motifs is 1. The monoisotopic (exact) mass is 266 g/mol. The molecule has 7 heteroatoms. The summed E-state index contributed by atoms with van der Waals surface area (Å²) in [6.07, 6.45) is 0. The van der Waals surface area contributed by atoms with Gasteiger partial charge in [-0.25, -0.2) is 0 Å². The van der Waals surface area contributed by atoms with Gasteiger partial charge in [-0.05, 0) is 29.7 Å². The van der Waals surface area contributed by atoms with Crippen molar-refractivity contribution in [1.29, 1.82) is 0 Å². The van der Waals surface area contributed by atoms with Crippen molar-refractivity contribution in [1.82, 2.24) is 0 Å². The van der Waals surface area contributed by atoms with Gasteiger partial charge in [0.1, 0.15) is 4.90 Å². The van der Waals surface area contributed by atoms with E-state index in [9.17, 15) is 18.3 Å². The third-order valence-electron chi connectivity index (χ3n) is 2.45. The van der Waals surface area contributed by atoms with Crippen LogP contribution in [-0.4, -0.2) is 18.9 Å². The molecule has 93 valence electrons. The zero-order chi connectivity index (χ0) is 13.5. The first-order valence-electron chi connectivity index (χ1n) is 4.81. The van der Waals surface area contributed by atoms with Gasteiger partial charge in [-0.3, -0.25) is 14.5 Å². The van der Waals surface area contributed by atoms with Crippen LogP contribution in [0.2, 0.25) is 0 Å². The molecular formula is C11H8NO5S. The highest BCUT2D eigenvalue weighted by molar-refractivity contribution is 7.86. The van der Waals surface area contributed by atoms with E-state index in [0.717, 1.165) is 12.1 Å². The van der Waals surface area contributed by atoms with Crippen molar-refractivity contribution >= 4 is 26.8 Å². The lowest BCUT2D eigenvalue weighted by Crippen LogP contribution is -2.12. The van der Waals surface area contributed by atoms with Crippen LogP contribution in [0, 0.1) is 0 Å². The van der Waals surface area contributed by atoms with E-state index in [4.69, 9.17) is 10.3 Å². The van der Waals surface area contributed by atoms with Crippen molar-refractivity contribution < 1.29 is 22.9 Å². The summed E-state index contributed by atoms with van der Waals surface area (Å²) in [5, 5.41) is 11.6. The summed E-state index contributed by atoms with van der Waals surface area (Å²) < 4.78 is 31.6. The highest BCUT2D eigenvalue weighted by Crippen LogP contribution is 2.28. The summed E-state index contributed by atoms with van der Waals surface area (Å²) in [7, 11) is -4.55. The van der Waals surface area contributed by atoms with Gasteiger partial charge in [-0.1, -0.05) is 6.07 Å². The van der Waals surface area contributed by atoms with Crippen molar-refractivity contribution in [3.8, 4) is 5.75 Å². The third-order valence-corrected chi connectivity index (χ3v) is 3.34. The first-order chi connectivity index (χ1) is 8.29. The second kappa shape index (κ2) is 3.97. The minimum absolute atomic E-state index is 0.0509. The van der Waals surface area contributed by atoms with Gasteiger partial charge in [-0.2, -0.15) is 8.42 Å². The van der Waals surface area contributed by atoms with Crippen LogP contribution in [-0.2, 0) is 15.2 Å². The molecule has 2 rings (SSSR count). The Morgan fingerprint density at radius 2 is 1.83 bits per heavy atom. The van der Waals surface area contributed by atoms with E-state index in [2.05, 4.69) is 0 Å². The molecule has 0 atom stereocenters. The molecule has 0 aliphatic rings. The summed E-state index contributed by atoms with van der Waals surface area (Å²) >= 11 is 0. The Kier molecular flexibility index (Phi) is 2.72.